The van der Waals surface area contributed by atoms with Crippen LogP contribution in [0, 0.1) is 0 Å². The van der Waals surface area contributed by atoms with Gasteiger partial charge in [-0.25, -0.2) is 0 Å². The molecular weight excluding hydrogens is 378 g/mol. The van der Waals surface area contributed by atoms with Crippen molar-refractivity contribution in [3.05, 3.63) is 18.0 Å². The summed E-state index contributed by atoms with van der Waals surface area (Å²) in [5.74, 6) is 0.537. The zero-order valence-corrected chi connectivity index (χ0v) is 17.3. The smallest absolute Gasteiger partial charge is 0.244 e. The van der Waals surface area contributed by atoms with E-state index < -0.39 is 0 Å². The number of hydrogen-bond acceptors (Lipinski definition) is 4. The van der Waals surface area contributed by atoms with E-state index in [-0.39, 0.29) is 37.3 Å². The summed E-state index contributed by atoms with van der Waals surface area (Å²) in [5.41, 5.74) is 1.06. The Morgan fingerprint density at radius 1 is 1.14 bits per heavy atom. The lowest BCUT2D eigenvalue weighted by molar-refractivity contribution is -0.148. The minimum atomic E-state index is -0.0111. The van der Waals surface area contributed by atoms with Gasteiger partial charge in [0.2, 0.25) is 11.8 Å². The highest BCUT2D eigenvalue weighted by molar-refractivity contribution is 5.86. The van der Waals surface area contributed by atoms with Gasteiger partial charge in [-0.15, -0.1) is 12.4 Å². The van der Waals surface area contributed by atoms with Crippen LogP contribution < -0.4 is 5.32 Å². The molecule has 3 aliphatic rings. The van der Waals surface area contributed by atoms with Crippen LogP contribution >= 0.6 is 12.4 Å². The molecule has 1 N–H and O–H groups in total. The van der Waals surface area contributed by atoms with E-state index in [2.05, 4.69) is 10.4 Å². The van der Waals surface area contributed by atoms with Gasteiger partial charge in [-0.05, 0) is 38.3 Å². The third kappa shape index (κ3) is 4.87. The molecule has 0 bridgehead atoms. The number of aromatic nitrogens is 2. The fourth-order valence-corrected chi connectivity index (χ4v) is 4.70. The standard InChI is InChI=1S/C20H31N5O2.ClH/c26-19(15-24-10-8-18(22-24)16-5-4-9-21-13-16)23-11-12-25(20(27)14-23)17-6-2-1-3-7-17;/h8,10,16-17,21H,1-7,9,11-15H2;1H. The van der Waals surface area contributed by atoms with Crippen LogP contribution in [0.15, 0.2) is 12.3 Å². The van der Waals surface area contributed by atoms with Gasteiger partial charge >= 0.3 is 0 Å². The van der Waals surface area contributed by atoms with Crippen LogP contribution in [0.25, 0.3) is 0 Å². The van der Waals surface area contributed by atoms with Crippen molar-refractivity contribution in [3.63, 3.8) is 0 Å². The normalized spacial score (nSPS) is 24.1. The lowest BCUT2D eigenvalue weighted by Gasteiger charge is -2.40. The molecule has 2 amide bonds. The first-order valence-electron chi connectivity index (χ1n) is 10.5. The Balaban J connectivity index is 0.00000225. The van der Waals surface area contributed by atoms with Gasteiger partial charge in [0, 0.05) is 37.8 Å². The van der Waals surface area contributed by atoms with Crippen molar-refractivity contribution < 1.29 is 9.59 Å². The first-order valence-corrected chi connectivity index (χ1v) is 10.5. The molecule has 28 heavy (non-hydrogen) atoms. The van der Waals surface area contributed by atoms with E-state index in [1.54, 1.807) is 9.58 Å². The molecule has 2 saturated heterocycles. The van der Waals surface area contributed by atoms with Crippen molar-refractivity contribution in [3.8, 4) is 0 Å². The maximum atomic E-state index is 12.7. The van der Waals surface area contributed by atoms with Crippen LogP contribution in [-0.2, 0) is 16.1 Å². The number of nitrogens with zero attached hydrogens (tertiary/aromatic N) is 4. The summed E-state index contributed by atoms with van der Waals surface area (Å²) < 4.78 is 1.73. The number of carbonyl (C=O) groups excluding carboxylic acids is 2. The second-order valence-corrected chi connectivity index (χ2v) is 8.18. The van der Waals surface area contributed by atoms with Gasteiger partial charge in [0.15, 0.2) is 0 Å². The molecule has 8 heteroatoms. The van der Waals surface area contributed by atoms with Crippen molar-refractivity contribution >= 4 is 24.2 Å². The van der Waals surface area contributed by atoms with Crippen LogP contribution in [0.1, 0.15) is 56.6 Å². The van der Waals surface area contributed by atoms with Crippen LogP contribution in [0.5, 0.6) is 0 Å². The largest absolute Gasteiger partial charge is 0.336 e. The molecule has 0 radical (unpaired) electrons. The Morgan fingerprint density at radius 2 is 1.96 bits per heavy atom. The molecule has 2 aliphatic heterocycles. The van der Waals surface area contributed by atoms with Gasteiger partial charge < -0.3 is 15.1 Å². The lowest BCUT2D eigenvalue weighted by Crippen LogP contribution is -2.56. The predicted molar refractivity (Wildman–Crippen MR) is 109 cm³/mol. The highest BCUT2D eigenvalue weighted by Crippen LogP contribution is 2.24. The number of nitrogens with one attached hydrogen (secondary N) is 1. The first-order chi connectivity index (χ1) is 13.2. The predicted octanol–water partition coefficient (Wildman–Crippen LogP) is 1.78. The van der Waals surface area contributed by atoms with E-state index >= 15 is 0 Å². The molecular formula is C20H32ClN5O2. The molecule has 1 saturated carbocycles. The van der Waals surface area contributed by atoms with Gasteiger partial charge in [0.25, 0.3) is 0 Å². The van der Waals surface area contributed by atoms with E-state index in [4.69, 9.17) is 0 Å². The zero-order valence-electron chi connectivity index (χ0n) is 16.5. The summed E-state index contributed by atoms with van der Waals surface area (Å²) in [6.45, 7) is 3.79. The van der Waals surface area contributed by atoms with Crippen molar-refractivity contribution in [2.75, 3.05) is 32.7 Å². The highest BCUT2D eigenvalue weighted by Gasteiger charge is 2.32. The molecule has 4 rings (SSSR count). The van der Waals surface area contributed by atoms with Crippen molar-refractivity contribution in [1.29, 1.82) is 0 Å². The van der Waals surface area contributed by atoms with Gasteiger partial charge in [-0.1, -0.05) is 19.3 Å². The number of hydrogen-bond donors (Lipinski definition) is 1. The number of piperazine rings is 1. The molecule has 3 fully saturated rings. The summed E-state index contributed by atoms with van der Waals surface area (Å²) in [6, 6.07) is 2.41. The van der Waals surface area contributed by atoms with Gasteiger partial charge in [-0.2, -0.15) is 5.10 Å². The third-order valence-electron chi connectivity index (χ3n) is 6.30. The molecule has 3 heterocycles. The Morgan fingerprint density at radius 3 is 2.68 bits per heavy atom. The van der Waals surface area contributed by atoms with Gasteiger partial charge in [0.05, 0.1) is 12.2 Å². The Bertz CT molecular complexity index is 667. The number of carbonyl (C=O) groups is 2. The second kappa shape index (κ2) is 9.74. The summed E-state index contributed by atoms with van der Waals surface area (Å²) in [6.07, 6.45) is 10.2. The molecule has 1 atom stereocenters. The minimum Gasteiger partial charge on any atom is -0.336 e. The summed E-state index contributed by atoms with van der Waals surface area (Å²) in [4.78, 5) is 29.0. The van der Waals surface area contributed by atoms with Crippen LogP contribution in [0.4, 0.5) is 0 Å². The molecule has 0 aromatic carbocycles. The number of rotatable bonds is 4. The Kier molecular flexibility index (Phi) is 7.35. The monoisotopic (exact) mass is 409 g/mol. The van der Waals surface area contributed by atoms with Gasteiger partial charge in [-0.3, -0.25) is 14.3 Å². The molecule has 1 unspecified atom stereocenters. The number of piperidine rings is 1. The zero-order chi connectivity index (χ0) is 18.6. The highest BCUT2D eigenvalue weighted by atomic mass is 35.5. The van der Waals surface area contributed by atoms with Gasteiger partial charge in [0.1, 0.15) is 6.54 Å². The second-order valence-electron chi connectivity index (χ2n) is 8.18. The number of amides is 2. The average molecular weight is 410 g/mol. The minimum absolute atomic E-state index is 0. The van der Waals surface area contributed by atoms with Crippen LogP contribution in [0.2, 0.25) is 0 Å². The SMILES string of the molecule is Cl.O=C(Cn1ccc(C2CCCNC2)n1)N1CCN(C2CCCCC2)C(=O)C1. The van der Waals surface area contributed by atoms with E-state index in [0.29, 0.717) is 25.0 Å². The molecule has 7 nitrogen and oxygen atoms in total. The van der Waals surface area contributed by atoms with Crippen LogP contribution in [-0.4, -0.2) is 70.2 Å². The third-order valence-corrected chi connectivity index (χ3v) is 6.30. The van der Waals surface area contributed by atoms with E-state index in [9.17, 15) is 9.59 Å². The topological polar surface area (TPSA) is 70.5 Å². The molecule has 156 valence electrons. The molecule has 1 aromatic heterocycles. The Hall–Kier alpha value is -1.60. The van der Waals surface area contributed by atoms with Crippen molar-refractivity contribution in [2.45, 2.75) is 63.5 Å². The molecule has 1 aliphatic carbocycles. The van der Waals surface area contributed by atoms with E-state index in [1.165, 1.54) is 25.7 Å². The summed E-state index contributed by atoms with van der Waals surface area (Å²) in [5, 5.41) is 8.01. The lowest BCUT2D eigenvalue weighted by atomic mass is 9.93. The summed E-state index contributed by atoms with van der Waals surface area (Å²) >= 11 is 0. The van der Waals surface area contributed by atoms with Crippen LogP contribution in [0.3, 0.4) is 0 Å². The fourth-order valence-electron chi connectivity index (χ4n) is 4.70. The molecule has 1 aromatic rings. The fraction of sp³-hybridized carbons (Fsp3) is 0.750. The average Bonchev–Trinajstić information content (AvgIpc) is 3.18. The Labute approximate surface area is 173 Å². The van der Waals surface area contributed by atoms with E-state index in [1.807, 2.05) is 17.2 Å². The number of halogens is 1. The maximum absolute atomic E-state index is 12.7. The summed E-state index contributed by atoms with van der Waals surface area (Å²) in [7, 11) is 0. The van der Waals surface area contributed by atoms with E-state index in [0.717, 1.165) is 38.0 Å². The molecule has 0 spiro atoms. The maximum Gasteiger partial charge on any atom is 0.244 e. The van der Waals surface area contributed by atoms with Crippen molar-refractivity contribution in [2.24, 2.45) is 0 Å². The quantitative estimate of drug-likeness (QED) is 0.822. The first kappa shape index (κ1) is 21.1. The van der Waals surface area contributed by atoms with Crippen molar-refractivity contribution in [1.82, 2.24) is 24.9 Å².